The maximum atomic E-state index is 13.0. The molecule has 2 aromatic carbocycles. The molecule has 4 nitrogen and oxygen atoms in total. The number of halogens is 1. The largest absolute Gasteiger partial charge is 0.339 e. The summed E-state index contributed by atoms with van der Waals surface area (Å²) >= 11 is 6.14. The predicted molar refractivity (Wildman–Crippen MR) is 101 cm³/mol. The number of carbonyl (C=O) groups excluding carboxylic acids is 1. The van der Waals surface area contributed by atoms with Crippen LogP contribution in [0.2, 0.25) is 5.02 Å². The molecule has 5 heteroatoms. The van der Waals surface area contributed by atoms with Crippen LogP contribution < -0.4 is 0 Å². The number of aromatic nitrogens is 2. The molecule has 3 rings (SSSR count). The van der Waals surface area contributed by atoms with Crippen LogP contribution in [0.15, 0.2) is 60.8 Å². The molecule has 0 bridgehead atoms. The van der Waals surface area contributed by atoms with Gasteiger partial charge in [0.1, 0.15) is 5.69 Å². The molecule has 0 atom stereocenters. The van der Waals surface area contributed by atoms with Gasteiger partial charge in [0.25, 0.3) is 5.91 Å². The molecule has 0 radical (unpaired) electrons. The van der Waals surface area contributed by atoms with E-state index in [0.717, 1.165) is 11.3 Å². The number of amides is 1. The van der Waals surface area contributed by atoms with E-state index in [1.54, 1.807) is 15.8 Å². The first-order valence-electron chi connectivity index (χ1n) is 8.34. The SMILES string of the molecule is CCN(CC)C(=O)c1cn(-c2ccccc2)nc1-c1cccc(Cl)c1. The van der Waals surface area contributed by atoms with Crippen LogP contribution in [0.4, 0.5) is 0 Å². The molecule has 1 amide bonds. The Morgan fingerprint density at radius 1 is 1.08 bits per heavy atom. The van der Waals surface area contributed by atoms with Crippen molar-refractivity contribution in [2.75, 3.05) is 13.1 Å². The second kappa shape index (κ2) is 7.53. The molecular formula is C20H20ClN3O. The fourth-order valence-corrected chi connectivity index (χ4v) is 2.96. The van der Waals surface area contributed by atoms with Crippen molar-refractivity contribution in [3.8, 4) is 16.9 Å². The number of hydrogen-bond donors (Lipinski definition) is 0. The third-order valence-corrected chi connectivity index (χ3v) is 4.35. The molecule has 1 aromatic heterocycles. The standard InChI is InChI=1S/C20H20ClN3O/c1-3-23(4-2)20(25)18-14-24(17-11-6-5-7-12-17)22-19(18)15-9-8-10-16(21)13-15/h5-14H,3-4H2,1-2H3. The highest BCUT2D eigenvalue weighted by atomic mass is 35.5. The maximum Gasteiger partial charge on any atom is 0.257 e. The van der Waals surface area contributed by atoms with E-state index in [-0.39, 0.29) is 5.91 Å². The van der Waals surface area contributed by atoms with Gasteiger partial charge in [-0.1, -0.05) is 41.9 Å². The molecule has 3 aromatic rings. The zero-order chi connectivity index (χ0) is 17.8. The van der Waals surface area contributed by atoms with Gasteiger partial charge in [-0.2, -0.15) is 5.10 Å². The molecule has 0 spiro atoms. The van der Waals surface area contributed by atoms with Crippen molar-refractivity contribution >= 4 is 17.5 Å². The second-order valence-electron chi connectivity index (χ2n) is 5.66. The molecule has 1 heterocycles. The number of nitrogens with zero attached hydrogens (tertiary/aromatic N) is 3. The van der Waals surface area contributed by atoms with E-state index in [2.05, 4.69) is 5.10 Å². The Kier molecular flexibility index (Phi) is 5.19. The third-order valence-electron chi connectivity index (χ3n) is 4.11. The maximum absolute atomic E-state index is 13.0. The van der Waals surface area contributed by atoms with Gasteiger partial charge in [0, 0.05) is 29.9 Å². The van der Waals surface area contributed by atoms with E-state index in [4.69, 9.17) is 11.6 Å². The van der Waals surface area contributed by atoms with Crippen LogP contribution in [0, 0.1) is 0 Å². The minimum atomic E-state index is -0.0258. The van der Waals surface area contributed by atoms with Crippen molar-refractivity contribution in [1.82, 2.24) is 14.7 Å². The van der Waals surface area contributed by atoms with E-state index in [1.165, 1.54) is 0 Å². The lowest BCUT2D eigenvalue weighted by molar-refractivity contribution is 0.0773. The van der Waals surface area contributed by atoms with E-state index in [9.17, 15) is 4.79 Å². The normalized spacial score (nSPS) is 10.7. The summed E-state index contributed by atoms with van der Waals surface area (Å²) in [6.07, 6.45) is 1.80. The molecule has 0 aliphatic rings. The summed E-state index contributed by atoms with van der Waals surface area (Å²) < 4.78 is 1.74. The number of benzene rings is 2. The molecule has 128 valence electrons. The summed E-state index contributed by atoms with van der Waals surface area (Å²) in [5.74, 6) is -0.0258. The van der Waals surface area contributed by atoms with Crippen molar-refractivity contribution in [1.29, 1.82) is 0 Å². The Bertz CT molecular complexity index is 870. The third kappa shape index (κ3) is 3.59. The second-order valence-corrected chi connectivity index (χ2v) is 6.10. The molecule has 25 heavy (non-hydrogen) atoms. The lowest BCUT2D eigenvalue weighted by Gasteiger charge is -2.18. The summed E-state index contributed by atoms with van der Waals surface area (Å²) in [4.78, 5) is 14.8. The Labute approximate surface area is 152 Å². The summed E-state index contributed by atoms with van der Waals surface area (Å²) in [5.41, 5.74) is 2.96. The summed E-state index contributed by atoms with van der Waals surface area (Å²) in [7, 11) is 0. The Morgan fingerprint density at radius 3 is 2.44 bits per heavy atom. The number of rotatable bonds is 5. The molecule has 0 N–H and O–H groups in total. The van der Waals surface area contributed by atoms with Gasteiger partial charge in [-0.15, -0.1) is 0 Å². The first-order valence-corrected chi connectivity index (χ1v) is 8.72. The van der Waals surface area contributed by atoms with Crippen LogP contribution >= 0.6 is 11.6 Å². The first-order chi connectivity index (χ1) is 12.1. The van der Waals surface area contributed by atoms with Crippen molar-refractivity contribution in [2.24, 2.45) is 0 Å². The van der Waals surface area contributed by atoms with Crippen molar-refractivity contribution in [3.63, 3.8) is 0 Å². The highest BCUT2D eigenvalue weighted by Crippen LogP contribution is 2.27. The fourth-order valence-electron chi connectivity index (χ4n) is 2.77. The van der Waals surface area contributed by atoms with Gasteiger partial charge in [0.2, 0.25) is 0 Å². The van der Waals surface area contributed by atoms with E-state index >= 15 is 0 Å². The smallest absolute Gasteiger partial charge is 0.257 e. The lowest BCUT2D eigenvalue weighted by Crippen LogP contribution is -2.30. The minimum Gasteiger partial charge on any atom is -0.339 e. The Balaban J connectivity index is 2.14. The van der Waals surface area contributed by atoms with Gasteiger partial charge < -0.3 is 4.90 Å². The highest BCUT2D eigenvalue weighted by molar-refractivity contribution is 6.30. The Morgan fingerprint density at radius 2 is 1.80 bits per heavy atom. The topological polar surface area (TPSA) is 38.1 Å². The summed E-state index contributed by atoms with van der Waals surface area (Å²) in [6, 6.07) is 17.2. The van der Waals surface area contributed by atoms with Gasteiger partial charge in [0.15, 0.2) is 0 Å². The average molecular weight is 354 g/mol. The van der Waals surface area contributed by atoms with Crippen LogP contribution in [0.5, 0.6) is 0 Å². The molecular weight excluding hydrogens is 334 g/mol. The van der Waals surface area contributed by atoms with Gasteiger partial charge in [-0.05, 0) is 38.1 Å². The molecule has 0 aliphatic carbocycles. The van der Waals surface area contributed by atoms with Crippen LogP contribution in [-0.2, 0) is 0 Å². The zero-order valence-electron chi connectivity index (χ0n) is 14.3. The molecule has 0 saturated heterocycles. The van der Waals surface area contributed by atoms with Gasteiger partial charge in [0.05, 0.1) is 11.3 Å². The highest BCUT2D eigenvalue weighted by Gasteiger charge is 2.22. The van der Waals surface area contributed by atoms with Crippen molar-refractivity contribution in [2.45, 2.75) is 13.8 Å². The molecule has 0 saturated carbocycles. The molecule has 0 aliphatic heterocycles. The van der Waals surface area contributed by atoms with Crippen LogP contribution in [0.1, 0.15) is 24.2 Å². The molecule has 0 unspecified atom stereocenters. The van der Waals surface area contributed by atoms with Crippen molar-refractivity contribution in [3.05, 3.63) is 71.4 Å². The van der Waals surface area contributed by atoms with E-state index < -0.39 is 0 Å². The van der Waals surface area contributed by atoms with E-state index in [0.29, 0.717) is 29.4 Å². The number of carbonyl (C=O) groups is 1. The van der Waals surface area contributed by atoms with E-state index in [1.807, 2.05) is 68.4 Å². The molecule has 0 fully saturated rings. The quantitative estimate of drug-likeness (QED) is 0.668. The van der Waals surface area contributed by atoms with Crippen LogP contribution in [0.3, 0.4) is 0 Å². The number of para-hydroxylation sites is 1. The fraction of sp³-hybridized carbons (Fsp3) is 0.200. The van der Waals surface area contributed by atoms with Crippen LogP contribution in [-0.4, -0.2) is 33.7 Å². The summed E-state index contributed by atoms with van der Waals surface area (Å²) in [6.45, 7) is 5.26. The predicted octanol–water partition coefficient (Wildman–Crippen LogP) is 4.67. The monoisotopic (exact) mass is 353 g/mol. The number of hydrogen-bond acceptors (Lipinski definition) is 2. The lowest BCUT2D eigenvalue weighted by atomic mass is 10.1. The summed E-state index contributed by atoms with van der Waals surface area (Å²) in [5, 5.41) is 5.29. The average Bonchev–Trinajstić information content (AvgIpc) is 3.09. The van der Waals surface area contributed by atoms with Crippen molar-refractivity contribution < 1.29 is 4.79 Å². The van der Waals surface area contributed by atoms with Gasteiger partial charge in [-0.3, -0.25) is 4.79 Å². The zero-order valence-corrected chi connectivity index (χ0v) is 15.1. The van der Waals surface area contributed by atoms with Gasteiger partial charge >= 0.3 is 0 Å². The first kappa shape index (κ1) is 17.2. The minimum absolute atomic E-state index is 0.0258. The van der Waals surface area contributed by atoms with Crippen LogP contribution in [0.25, 0.3) is 16.9 Å². The van der Waals surface area contributed by atoms with Gasteiger partial charge in [-0.25, -0.2) is 4.68 Å². The Hall–Kier alpha value is -2.59.